The Bertz CT molecular complexity index is 1550. The predicted molar refractivity (Wildman–Crippen MR) is 110 cm³/mol. The van der Waals surface area contributed by atoms with Gasteiger partial charge in [0.2, 0.25) is 15.9 Å². The van der Waals surface area contributed by atoms with Crippen LogP contribution in [0.4, 0.5) is 10.1 Å². The monoisotopic (exact) mass is 458 g/mol. The number of fused-ring (bicyclic) bond motifs is 1. The number of aromatic nitrogens is 1. The summed E-state index contributed by atoms with van der Waals surface area (Å²) in [6.45, 7) is 0. The smallest absolute Gasteiger partial charge is 0.279 e. The summed E-state index contributed by atoms with van der Waals surface area (Å²) in [7, 11) is -3.82. The number of aromatic hydroxyl groups is 1. The van der Waals surface area contributed by atoms with E-state index < -0.39 is 21.7 Å². The van der Waals surface area contributed by atoms with Crippen molar-refractivity contribution in [3.05, 3.63) is 68.5 Å². The number of rotatable bonds is 4. The number of hydrogen-bond donors (Lipinski definition) is 2. The zero-order chi connectivity index (χ0) is 21.9. The number of hydrogen-bond acceptors (Lipinski definition) is 6. The first-order valence-corrected chi connectivity index (χ1v) is 11.6. The molecular formula is C20H15FN4O4S2. The van der Waals surface area contributed by atoms with E-state index in [9.17, 15) is 22.7 Å². The van der Waals surface area contributed by atoms with Gasteiger partial charge in [0.05, 0.1) is 21.5 Å². The molecule has 1 aliphatic heterocycles. The Kier molecular flexibility index (Phi) is 4.43. The Morgan fingerprint density at radius 1 is 1.19 bits per heavy atom. The van der Waals surface area contributed by atoms with Crippen LogP contribution >= 0.6 is 11.3 Å². The molecule has 0 bridgehead atoms. The fourth-order valence-corrected chi connectivity index (χ4v) is 5.09. The lowest BCUT2D eigenvalue weighted by atomic mass is 10.1. The van der Waals surface area contributed by atoms with Crippen LogP contribution in [-0.4, -0.2) is 24.0 Å². The molecule has 31 heavy (non-hydrogen) atoms. The topological polar surface area (TPSA) is 127 Å². The molecule has 5 rings (SSSR count). The Balaban J connectivity index is 1.71. The number of carbonyl (C=O) groups excluding carboxylic acids is 1. The van der Waals surface area contributed by atoms with Gasteiger partial charge in [-0.2, -0.15) is 0 Å². The Morgan fingerprint density at radius 3 is 2.55 bits per heavy atom. The van der Waals surface area contributed by atoms with Crippen LogP contribution in [0, 0.1) is 5.82 Å². The number of primary sulfonamides is 1. The molecule has 158 valence electrons. The zero-order valence-corrected chi connectivity index (χ0v) is 17.5. The number of nitrogens with zero attached hydrogens (tertiary/aromatic N) is 3. The molecule has 8 nitrogen and oxygen atoms in total. The van der Waals surface area contributed by atoms with Crippen molar-refractivity contribution in [1.29, 1.82) is 0 Å². The van der Waals surface area contributed by atoms with Crippen molar-refractivity contribution in [2.24, 2.45) is 15.1 Å². The zero-order valence-electron chi connectivity index (χ0n) is 15.8. The lowest BCUT2D eigenvalue weighted by molar-refractivity contribution is -0.112. The van der Waals surface area contributed by atoms with Crippen molar-refractivity contribution in [1.82, 2.24) is 4.57 Å². The van der Waals surface area contributed by atoms with E-state index in [1.54, 1.807) is 4.57 Å². The maximum absolute atomic E-state index is 13.8. The predicted octanol–water partition coefficient (Wildman–Crippen LogP) is 0.968. The van der Waals surface area contributed by atoms with Crippen LogP contribution in [0.2, 0.25) is 0 Å². The number of nitrogens with two attached hydrogens (primary N) is 1. The minimum Gasteiger partial charge on any atom is -0.493 e. The van der Waals surface area contributed by atoms with Gasteiger partial charge < -0.3 is 5.11 Å². The van der Waals surface area contributed by atoms with Gasteiger partial charge in [-0.15, -0.1) is 0 Å². The molecule has 1 aromatic heterocycles. The molecule has 1 fully saturated rings. The summed E-state index contributed by atoms with van der Waals surface area (Å²) in [6, 6.07) is 9.60. The van der Waals surface area contributed by atoms with E-state index >= 15 is 0 Å². The van der Waals surface area contributed by atoms with Gasteiger partial charge in [0, 0.05) is 11.3 Å². The maximum Gasteiger partial charge on any atom is 0.279 e. The van der Waals surface area contributed by atoms with Gasteiger partial charge in [-0.3, -0.25) is 9.36 Å². The van der Waals surface area contributed by atoms with Crippen molar-refractivity contribution in [3.63, 3.8) is 0 Å². The Labute approximate surface area is 179 Å². The normalized spacial score (nSPS) is 16.5. The van der Waals surface area contributed by atoms with Crippen LogP contribution in [0.15, 0.2) is 57.3 Å². The van der Waals surface area contributed by atoms with Crippen LogP contribution in [0.3, 0.4) is 0 Å². The SMILES string of the molecule is NS(=O)(=O)c1ccc(N=c2sc(C3=c4cc(F)ccc4=NC3=O)c(O)n2C2CC2)cc1. The van der Waals surface area contributed by atoms with E-state index in [-0.39, 0.29) is 27.3 Å². The summed E-state index contributed by atoms with van der Waals surface area (Å²) >= 11 is 1.09. The molecule has 2 aromatic carbocycles. The fraction of sp³-hybridized carbons (Fsp3) is 0.150. The second-order valence-electron chi connectivity index (χ2n) is 7.24. The first-order valence-electron chi connectivity index (χ1n) is 9.27. The molecule has 3 aromatic rings. The highest BCUT2D eigenvalue weighted by Crippen LogP contribution is 2.40. The maximum atomic E-state index is 13.8. The van der Waals surface area contributed by atoms with Gasteiger partial charge in [-0.05, 0) is 55.3 Å². The number of sulfonamides is 1. The van der Waals surface area contributed by atoms with Crippen LogP contribution in [-0.2, 0) is 14.8 Å². The van der Waals surface area contributed by atoms with Gasteiger partial charge in [0.25, 0.3) is 5.91 Å². The number of halogens is 1. The minimum absolute atomic E-state index is 0.0356. The summed E-state index contributed by atoms with van der Waals surface area (Å²) < 4.78 is 38.3. The first-order chi connectivity index (χ1) is 14.7. The van der Waals surface area contributed by atoms with Crippen molar-refractivity contribution in [2.75, 3.05) is 0 Å². The molecule has 1 saturated carbocycles. The molecule has 0 spiro atoms. The standard InChI is InChI=1S/C20H15FN4O4S2/c21-10-1-8-15-14(9-10)16(18(26)24-15)17-19(27)25(12-4-5-12)20(30-17)23-11-2-6-13(7-3-11)31(22,28)29/h1-3,6-9,12,27H,4-5H2,(H2,22,28,29). The van der Waals surface area contributed by atoms with E-state index in [1.165, 1.54) is 42.5 Å². The van der Waals surface area contributed by atoms with E-state index in [0.29, 0.717) is 21.1 Å². The second kappa shape index (κ2) is 6.94. The molecule has 0 atom stereocenters. The van der Waals surface area contributed by atoms with Crippen molar-refractivity contribution >= 4 is 38.5 Å². The Hall–Kier alpha value is -3.15. The average molecular weight is 458 g/mol. The first kappa shape index (κ1) is 19.8. The highest BCUT2D eigenvalue weighted by molar-refractivity contribution is 7.89. The molecule has 11 heteroatoms. The average Bonchev–Trinajstić information content (AvgIpc) is 3.42. The van der Waals surface area contributed by atoms with Crippen LogP contribution in [0.1, 0.15) is 23.8 Å². The summed E-state index contributed by atoms with van der Waals surface area (Å²) in [6.07, 6.45) is 1.69. The number of thiazole rings is 1. The minimum atomic E-state index is -3.82. The van der Waals surface area contributed by atoms with Gasteiger partial charge in [-0.1, -0.05) is 11.3 Å². The quantitative estimate of drug-likeness (QED) is 0.604. The van der Waals surface area contributed by atoms with Gasteiger partial charge in [-0.25, -0.2) is 27.9 Å². The largest absolute Gasteiger partial charge is 0.493 e. The molecule has 2 heterocycles. The Morgan fingerprint density at radius 2 is 1.90 bits per heavy atom. The lowest BCUT2D eigenvalue weighted by Gasteiger charge is -2.03. The third kappa shape index (κ3) is 3.50. The van der Waals surface area contributed by atoms with Crippen molar-refractivity contribution < 1.29 is 22.7 Å². The summed E-state index contributed by atoms with van der Waals surface area (Å²) in [5.74, 6) is -1.18. The van der Waals surface area contributed by atoms with E-state index in [2.05, 4.69) is 9.98 Å². The third-order valence-electron chi connectivity index (χ3n) is 5.02. The highest BCUT2D eigenvalue weighted by atomic mass is 32.2. The molecule has 2 aliphatic rings. The number of carbonyl (C=O) groups is 1. The molecule has 3 N–H and O–H groups in total. The van der Waals surface area contributed by atoms with E-state index in [1.807, 2.05) is 0 Å². The van der Waals surface area contributed by atoms with Gasteiger partial charge in [0.1, 0.15) is 10.7 Å². The fourth-order valence-electron chi connectivity index (χ4n) is 3.41. The van der Waals surface area contributed by atoms with E-state index in [0.717, 1.165) is 24.2 Å². The number of benzene rings is 2. The third-order valence-corrected chi connectivity index (χ3v) is 7.01. The van der Waals surface area contributed by atoms with Gasteiger partial charge >= 0.3 is 0 Å². The van der Waals surface area contributed by atoms with Crippen molar-refractivity contribution in [2.45, 2.75) is 23.8 Å². The summed E-state index contributed by atoms with van der Waals surface area (Å²) in [4.78, 5) is 21.7. The highest BCUT2D eigenvalue weighted by Gasteiger charge is 2.32. The molecule has 1 aliphatic carbocycles. The van der Waals surface area contributed by atoms with Crippen LogP contribution in [0.25, 0.3) is 5.57 Å². The lowest BCUT2D eigenvalue weighted by Crippen LogP contribution is -2.23. The number of amides is 1. The van der Waals surface area contributed by atoms with Crippen LogP contribution < -0.4 is 20.5 Å². The molecule has 0 saturated heterocycles. The van der Waals surface area contributed by atoms with Crippen molar-refractivity contribution in [3.8, 4) is 5.88 Å². The second-order valence-corrected chi connectivity index (χ2v) is 9.78. The molecule has 1 amide bonds. The molecule has 0 radical (unpaired) electrons. The van der Waals surface area contributed by atoms with Gasteiger partial charge in [0.15, 0.2) is 4.80 Å². The van der Waals surface area contributed by atoms with Crippen LogP contribution in [0.5, 0.6) is 5.88 Å². The molecule has 0 unspecified atom stereocenters. The summed E-state index contributed by atoms with van der Waals surface area (Å²) in [5.41, 5.74) is 0.589. The summed E-state index contributed by atoms with van der Waals surface area (Å²) in [5, 5.41) is 16.7. The van der Waals surface area contributed by atoms with E-state index in [4.69, 9.17) is 5.14 Å². The molecular weight excluding hydrogens is 443 g/mol.